The summed E-state index contributed by atoms with van der Waals surface area (Å²) in [5.74, 6) is 2.44. The topological polar surface area (TPSA) is 49.5 Å². The molecule has 0 saturated carbocycles. The van der Waals surface area contributed by atoms with Gasteiger partial charge >= 0.3 is 0 Å². The number of nitrogens with zero attached hydrogens (tertiary/aromatic N) is 2. The second-order valence-electron chi connectivity index (χ2n) is 3.75. The summed E-state index contributed by atoms with van der Waals surface area (Å²) in [5, 5.41) is 9.35. The minimum absolute atomic E-state index is 0.212. The Morgan fingerprint density at radius 2 is 2.12 bits per heavy atom. The molecule has 2 aromatic rings. The van der Waals surface area contributed by atoms with Crippen LogP contribution in [0.15, 0.2) is 22.6 Å². The summed E-state index contributed by atoms with van der Waals surface area (Å²) in [5.41, 5.74) is 1.44. The smallest absolute Gasteiger partial charge is 0.298 e. The van der Waals surface area contributed by atoms with E-state index < -0.39 is 0 Å². The molecule has 0 amide bonds. The Morgan fingerprint density at radius 1 is 1.31 bits per heavy atom. The number of anilines is 1. The molecule has 5 heteroatoms. The van der Waals surface area contributed by atoms with Crippen LogP contribution in [0.3, 0.4) is 0 Å². The van der Waals surface area contributed by atoms with E-state index in [0.717, 1.165) is 30.1 Å². The van der Waals surface area contributed by atoms with Gasteiger partial charge in [0, 0.05) is 30.7 Å². The van der Waals surface area contributed by atoms with Gasteiger partial charge in [-0.05, 0) is 12.1 Å². The van der Waals surface area contributed by atoms with Gasteiger partial charge in [0.1, 0.15) is 11.3 Å². The molecule has 0 bridgehead atoms. The molecule has 3 rings (SSSR count). The minimum Gasteiger partial charge on any atom is -0.508 e. The van der Waals surface area contributed by atoms with Crippen molar-refractivity contribution in [2.45, 2.75) is 0 Å². The maximum absolute atomic E-state index is 9.35. The van der Waals surface area contributed by atoms with Gasteiger partial charge in [0.25, 0.3) is 6.01 Å². The van der Waals surface area contributed by atoms with Gasteiger partial charge in [-0.2, -0.15) is 16.7 Å². The molecular formula is C11H12N2O2S. The Hall–Kier alpha value is -1.36. The molecule has 0 atom stereocenters. The van der Waals surface area contributed by atoms with Crippen molar-refractivity contribution in [1.82, 2.24) is 4.98 Å². The highest BCUT2D eigenvalue weighted by atomic mass is 32.2. The fraction of sp³-hybridized carbons (Fsp3) is 0.364. The summed E-state index contributed by atoms with van der Waals surface area (Å²) in [4.78, 5) is 6.56. The molecule has 1 N–H and O–H groups in total. The van der Waals surface area contributed by atoms with E-state index in [4.69, 9.17) is 4.42 Å². The maximum Gasteiger partial charge on any atom is 0.298 e. The molecule has 16 heavy (non-hydrogen) atoms. The van der Waals surface area contributed by atoms with Crippen molar-refractivity contribution in [1.29, 1.82) is 0 Å². The van der Waals surface area contributed by atoms with Gasteiger partial charge in [-0.1, -0.05) is 0 Å². The molecule has 1 saturated heterocycles. The van der Waals surface area contributed by atoms with Gasteiger partial charge < -0.3 is 14.4 Å². The lowest BCUT2D eigenvalue weighted by Crippen LogP contribution is -2.32. The third-order valence-electron chi connectivity index (χ3n) is 2.64. The number of oxazole rings is 1. The van der Waals surface area contributed by atoms with Gasteiger partial charge in [0.2, 0.25) is 0 Å². The first-order valence-electron chi connectivity index (χ1n) is 5.25. The summed E-state index contributed by atoms with van der Waals surface area (Å²) in [6.07, 6.45) is 0. The number of rotatable bonds is 1. The van der Waals surface area contributed by atoms with Crippen molar-refractivity contribution in [2.75, 3.05) is 29.5 Å². The van der Waals surface area contributed by atoms with Crippen LogP contribution in [0.5, 0.6) is 5.75 Å². The van der Waals surface area contributed by atoms with E-state index >= 15 is 0 Å². The van der Waals surface area contributed by atoms with Crippen molar-refractivity contribution in [3.05, 3.63) is 18.2 Å². The highest BCUT2D eigenvalue weighted by Gasteiger charge is 2.16. The van der Waals surface area contributed by atoms with Crippen molar-refractivity contribution >= 4 is 28.9 Å². The largest absolute Gasteiger partial charge is 0.508 e. The van der Waals surface area contributed by atoms with Gasteiger partial charge in [0.15, 0.2) is 5.58 Å². The van der Waals surface area contributed by atoms with E-state index in [1.807, 2.05) is 11.8 Å². The highest BCUT2D eigenvalue weighted by molar-refractivity contribution is 7.99. The molecule has 0 spiro atoms. The van der Waals surface area contributed by atoms with Crippen LogP contribution in [0.25, 0.3) is 11.1 Å². The highest BCUT2D eigenvalue weighted by Crippen LogP contribution is 2.26. The Morgan fingerprint density at radius 3 is 2.94 bits per heavy atom. The predicted molar refractivity (Wildman–Crippen MR) is 65.2 cm³/mol. The molecule has 4 nitrogen and oxygen atoms in total. The SMILES string of the molecule is Oc1ccc2nc(N3CCSCC3)oc2c1. The molecule has 2 heterocycles. The number of hydrogen-bond donors (Lipinski definition) is 1. The van der Waals surface area contributed by atoms with Gasteiger partial charge in [-0.25, -0.2) is 0 Å². The van der Waals surface area contributed by atoms with Crippen LogP contribution in [-0.4, -0.2) is 34.7 Å². The van der Waals surface area contributed by atoms with E-state index in [0.29, 0.717) is 11.6 Å². The first-order chi connectivity index (χ1) is 7.83. The molecule has 1 fully saturated rings. The van der Waals surface area contributed by atoms with Gasteiger partial charge in [-0.3, -0.25) is 0 Å². The molecule has 1 aliphatic rings. The number of aromatic hydroxyl groups is 1. The molecule has 0 aliphatic carbocycles. The summed E-state index contributed by atoms with van der Waals surface area (Å²) in [6.45, 7) is 1.95. The average molecular weight is 236 g/mol. The molecule has 1 aliphatic heterocycles. The Bertz CT molecular complexity index is 506. The molecule has 0 radical (unpaired) electrons. The van der Waals surface area contributed by atoms with Crippen molar-refractivity contribution in [3.63, 3.8) is 0 Å². The summed E-state index contributed by atoms with van der Waals surface area (Å²) in [7, 11) is 0. The first kappa shape index (κ1) is 9.84. The Kier molecular flexibility index (Phi) is 2.40. The lowest BCUT2D eigenvalue weighted by molar-refractivity contribution is 0.474. The Balaban J connectivity index is 1.97. The number of benzene rings is 1. The molecule has 1 aromatic carbocycles. The summed E-state index contributed by atoms with van der Waals surface area (Å²) >= 11 is 1.95. The third-order valence-corrected chi connectivity index (χ3v) is 3.58. The fourth-order valence-electron chi connectivity index (χ4n) is 1.79. The van der Waals surface area contributed by atoms with Crippen LogP contribution in [0.2, 0.25) is 0 Å². The van der Waals surface area contributed by atoms with E-state index in [2.05, 4.69) is 9.88 Å². The van der Waals surface area contributed by atoms with Crippen molar-refractivity contribution in [3.8, 4) is 5.75 Å². The number of fused-ring (bicyclic) bond motifs is 1. The van der Waals surface area contributed by atoms with Crippen LogP contribution in [0, 0.1) is 0 Å². The lowest BCUT2D eigenvalue weighted by Gasteiger charge is -2.24. The average Bonchev–Trinajstić information content (AvgIpc) is 2.73. The summed E-state index contributed by atoms with van der Waals surface area (Å²) < 4.78 is 5.63. The minimum atomic E-state index is 0.212. The number of phenols is 1. The van der Waals surface area contributed by atoms with Crippen LogP contribution < -0.4 is 4.90 Å². The van der Waals surface area contributed by atoms with Crippen LogP contribution >= 0.6 is 11.8 Å². The van der Waals surface area contributed by atoms with Crippen molar-refractivity contribution < 1.29 is 9.52 Å². The quantitative estimate of drug-likeness (QED) is 0.821. The zero-order chi connectivity index (χ0) is 11.0. The number of hydrogen-bond acceptors (Lipinski definition) is 5. The zero-order valence-electron chi connectivity index (χ0n) is 8.72. The predicted octanol–water partition coefficient (Wildman–Crippen LogP) is 2.09. The second kappa shape index (κ2) is 3.90. The lowest BCUT2D eigenvalue weighted by atomic mass is 10.3. The number of aromatic nitrogens is 1. The van der Waals surface area contributed by atoms with Crippen molar-refractivity contribution in [2.24, 2.45) is 0 Å². The van der Waals surface area contributed by atoms with Crippen LogP contribution in [-0.2, 0) is 0 Å². The first-order valence-corrected chi connectivity index (χ1v) is 6.41. The number of thioether (sulfide) groups is 1. The molecular weight excluding hydrogens is 224 g/mol. The second-order valence-corrected chi connectivity index (χ2v) is 4.97. The Labute approximate surface area is 97.3 Å². The van der Waals surface area contributed by atoms with E-state index in [1.54, 1.807) is 18.2 Å². The maximum atomic E-state index is 9.35. The monoisotopic (exact) mass is 236 g/mol. The fourth-order valence-corrected chi connectivity index (χ4v) is 2.69. The summed E-state index contributed by atoms with van der Waals surface area (Å²) in [6, 6.07) is 5.67. The standard InChI is InChI=1S/C11H12N2O2S/c14-8-1-2-9-10(7-8)15-11(12-9)13-3-5-16-6-4-13/h1-2,7,14H,3-6H2. The normalized spacial score (nSPS) is 16.9. The molecule has 0 unspecified atom stereocenters. The zero-order valence-corrected chi connectivity index (χ0v) is 9.54. The van der Waals surface area contributed by atoms with Gasteiger partial charge in [0.05, 0.1) is 0 Å². The van der Waals surface area contributed by atoms with E-state index in [-0.39, 0.29) is 5.75 Å². The number of phenolic OH excluding ortho intramolecular Hbond substituents is 1. The molecule has 1 aromatic heterocycles. The van der Waals surface area contributed by atoms with E-state index in [9.17, 15) is 5.11 Å². The van der Waals surface area contributed by atoms with Crippen LogP contribution in [0.4, 0.5) is 6.01 Å². The van der Waals surface area contributed by atoms with E-state index in [1.165, 1.54) is 0 Å². The molecule has 84 valence electrons. The van der Waals surface area contributed by atoms with Gasteiger partial charge in [-0.15, -0.1) is 0 Å². The van der Waals surface area contributed by atoms with Crippen LogP contribution in [0.1, 0.15) is 0 Å². The third kappa shape index (κ3) is 1.71.